The standard InChI is InChI=1S/C20H19F3N2O2/c21-20(22,23)27-17-4-1-14(2-5-17)15-3-6-18-16(9-15)10-25(13-24-18)11-19(12-26)7-8-19/h1-6,9,13,26H,7-8,10-12H2. The summed E-state index contributed by atoms with van der Waals surface area (Å²) in [5.74, 6) is -0.237. The SMILES string of the molecule is OCC1(CN2C=Nc3ccc(-c4ccc(OC(F)(F)F)cc4)cc3C2)CC1. The highest BCUT2D eigenvalue weighted by atomic mass is 19.4. The highest BCUT2D eigenvalue weighted by molar-refractivity contribution is 5.72. The predicted molar refractivity (Wildman–Crippen MR) is 95.9 cm³/mol. The van der Waals surface area contributed by atoms with E-state index in [-0.39, 0.29) is 17.8 Å². The van der Waals surface area contributed by atoms with Gasteiger partial charge in [-0.1, -0.05) is 18.2 Å². The van der Waals surface area contributed by atoms with Crippen LogP contribution in [-0.4, -0.2) is 35.9 Å². The first-order valence-electron chi connectivity index (χ1n) is 8.74. The molecule has 0 atom stereocenters. The van der Waals surface area contributed by atoms with Crippen molar-refractivity contribution in [2.45, 2.75) is 25.7 Å². The lowest BCUT2D eigenvalue weighted by molar-refractivity contribution is -0.274. The summed E-state index contributed by atoms with van der Waals surface area (Å²) in [5, 5.41) is 9.52. The molecule has 4 rings (SSSR count). The Labute approximate surface area is 154 Å². The van der Waals surface area contributed by atoms with Crippen LogP contribution >= 0.6 is 0 Å². The zero-order valence-electron chi connectivity index (χ0n) is 14.5. The molecular weight excluding hydrogens is 357 g/mol. The molecule has 1 aliphatic heterocycles. The van der Waals surface area contributed by atoms with Crippen LogP contribution in [0.1, 0.15) is 18.4 Å². The Kier molecular flexibility index (Phi) is 4.34. The molecule has 1 saturated carbocycles. The lowest BCUT2D eigenvalue weighted by Crippen LogP contribution is -2.32. The van der Waals surface area contributed by atoms with Crippen molar-refractivity contribution in [2.24, 2.45) is 10.4 Å². The molecule has 142 valence electrons. The van der Waals surface area contributed by atoms with Crippen LogP contribution in [0.2, 0.25) is 0 Å². The number of aliphatic hydroxyl groups is 1. The quantitative estimate of drug-likeness (QED) is 0.836. The molecule has 0 bridgehead atoms. The number of fused-ring (bicyclic) bond motifs is 1. The number of hydrogen-bond acceptors (Lipinski definition) is 4. The smallest absolute Gasteiger partial charge is 0.406 e. The Bertz CT molecular complexity index is 859. The van der Waals surface area contributed by atoms with Crippen LogP contribution in [0.3, 0.4) is 0 Å². The molecule has 2 aliphatic rings. The third-order valence-electron chi connectivity index (χ3n) is 5.07. The largest absolute Gasteiger partial charge is 0.573 e. The van der Waals surface area contributed by atoms with Crippen molar-refractivity contribution < 1.29 is 23.0 Å². The molecule has 0 radical (unpaired) electrons. The molecule has 2 aromatic rings. The van der Waals surface area contributed by atoms with Crippen molar-refractivity contribution in [3.8, 4) is 16.9 Å². The summed E-state index contributed by atoms with van der Waals surface area (Å²) in [7, 11) is 0. The van der Waals surface area contributed by atoms with Gasteiger partial charge in [-0.2, -0.15) is 0 Å². The number of benzene rings is 2. The molecule has 7 heteroatoms. The summed E-state index contributed by atoms with van der Waals surface area (Å²) in [4.78, 5) is 6.59. The highest BCUT2D eigenvalue weighted by Gasteiger charge is 2.43. The van der Waals surface area contributed by atoms with Crippen molar-refractivity contribution in [1.29, 1.82) is 0 Å². The van der Waals surface area contributed by atoms with Crippen molar-refractivity contribution in [1.82, 2.24) is 4.90 Å². The van der Waals surface area contributed by atoms with E-state index in [2.05, 4.69) is 14.6 Å². The number of aliphatic imine (C=N–C) groups is 1. The van der Waals surface area contributed by atoms with Gasteiger partial charge in [0.15, 0.2) is 0 Å². The molecule has 1 N–H and O–H groups in total. The van der Waals surface area contributed by atoms with Gasteiger partial charge in [-0.05, 0) is 53.8 Å². The average Bonchev–Trinajstić information content (AvgIpc) is 3.40. The van der Waals surface area contributed by atoms with Gasteiger partial charge in [-0.25, -0.2) is 4.99 Å². The first-order valence-corrected chi connectivity index (χ1v) is 8.74. The second-order valence-electron chi connectivity index (χ2n) is 7.22. The molecule has 4 nitrogen and oxygen atoms in total. The molecule has 0 unspecified atom stereocenters. The number of alkyl halides is 3. The van der Waals surface area contributed by atoms with E-state index in [0.717, 1.165) is 41.8 Å². The van der Waals surface area contributed by atoms with Gasteiger partial charge in [0.05, 0.1) is 18.6 Å². The Hall–Kier alpha value is -2.54. The number of aliphatic hydroxyl groups excluding tert-OH is 1. The van der Waals surface area contributed by atoms with Crippen LogP contribution in [0.25, 0.3) is 11.1 Å². The number of halogens is 3. The molecule has 1 aliphatic carbocycles. The van der Waals surface area contributed by atoms with Gasteiger partial charge in [0, 0.05) is 18.5 Å². The molecule has 2 aromatic carbocycles. The van der Waals surface area contributed by atoms with E-state index in [9.17, 15) is 18.3 Å². The normalized spacial score (nSPS) is 17.6. The van der Waals surface area contributed by atoms with E-state index in [1.807, 2.05) is 24.5 Å². The van der Waals surface area contributed by atoms with Gasteiger partial charge in [0.1, 0.15) is 5.75 Å². The Morgan fingerprint density at radius 1 is 1.07 bits per heavy atom. The van der Waals surface area contributed by atoms with Crippen molar-refractivity contribution in [3.63, 3.8) is 0 Å². The maximum absolute atomic E-state index is 12.3. The number of hydrogen-bond donors (Lipinski definition) is 1. The monoisotopic (exact) mass is 376 g/mol. The zero-order valence-corrected chi connectivity index (χ0v) is 14.5. The molecule has 0 saturated heterocycles. The summed E-state index contributed by atoms with van der Waals surface area (Å²) in [6.07, 6.45) is -0.802. The van der Waals surface area contributed by atoms with Crippen LogP contribution in [-0.2, 0) is 6.54 Å². The van der Waals surface area contributed by atoms with E-state index in [0.29, 0.717) is 6.54 Å². The molecule has 27 heavy (non-hydrogen) atoms. The van der Waals surface area contributed by atoms with Crippen LogP contribution in [0, 0.1) is 5.41 Å². The van der Waals surface area contributed by atoms with Crippen LogP contribution in [0.15, 0.2) is 47.5 Å². The first kappa shape index (κ1) is 17.9. The highest BCUT2D eigenvalue weighted by Crippen LogP contribution is 2.46. The van der Waals surface area contributed by atoms with Crippen molar-refractivity contribution >= 4 is 12.0 Å². The summed E-state index contributed by atoms with van der Waals surface area (Å²) in [6.45, 7) is 1.67. The molecule has 1 fully saturated rings. The Balaban J connectivity index is 1.51. The second kappa shape index (κ2) is 6.56. The minimum Gasteiger partial charge on any atom is -0.406 e. The van der Waals surface area contributed by atoms with E-state index in [1.165, 1.54) is 12.1 Å². The topological polar surface area (TPSA) is 45.1 Å². The molecule has 1 heterocycles. The molecular formula is C20H19F3N2O2. The van der Waals surface area contributed by atoms with Crippen LogP contribution < -0.4 is 4.74 Å². The molecule has 0 amide bonds. The zero-order chi connectivity index (χ0) is 19.1. The maximum atomic E-state index is 12.3. The predicted octanol–water partition coefficient (Wildman–Crippen LogP) is 4.50. The summed E-state index contributed by atoms with van der Waals surface area (Å²) >= 11 is 0. The lowest BCUT2D eigenvalue weighted by Gasteiger charge is -2.28. The fourth-order valence-electron chi connectivity index (χ4n) is 3.34. The number of nitrogens with zero attached hydrogens (tertiary/aromatic N) is 2. The third-order valence-corrected chi connectivity index (χ3v) is 5.07. The minimum atomic E-state index is -4.69. The van der Waals surface area contributed by atoms with Gasteiger partial charge in [0.25, 0.3) is 0 Å². The van der Waals surface area contributed by atoms with Gasteiger partial charge in [-0.15, -0.1) is 13.2 Å². The maximum Gasteiger partial charge on any atom is 0.573 e. The fourth-order valence-corrected chi connectivity index (χ4v) is 3.34. The van der Waals surface area contributed by atoms with E-state index < -0.39 is 6.36 Å². The fraction of sp³-hybridized carbons (Fsp3) is 0.350. The van der Waals surface area contributed by atoms with Gasteiger partial charge >= 0.3 is 6.36 Å². The first-order chi connectivity index (χ1) is 12.9. The van der Waals surface area contributed by atoms with Gasteiger partial charge in [-0.3, -0.25) is 0 Å². The van der Waals surface area contributed by atoms with E-state index in [1.54, 1.807) is 12.1 Å². The lowest BCUT2D eigenvalue weighted by atomic mass is 10.0. The Morgan fingerprint density at radius 2 is 1.78 bits per heavy atom. The summed E-state index contributed by atoms with van der Waals surface area (Å²) in [5.41, 5.74) is 3.67. The summed E-state index contributed by atoms with van der Waals surface area (Å²) in [6, 6.07) is 11.7. The van der Waals surface area contributed by atoms with Crippen LogP contribution in [0.4, 0.5) is 18.9 Å². The van der Waals surface area contributed by atoms with Gasteiger partial charge in [0.2, 0.25) is 0 Å². The van der Waals surface area contributed by atoms with Crippen molar-refractivity contribution in [3.05, 3.63) is 48.0 Å². The third kappa shape index (κ3) is 4.08. The molecule has 0 aromatic heterocycles. The van der Waals surface area contributed by atoms with E-state index in [4.69, 9.17) is 0 Å². The van der Waals surface area contributed by atoms with E-state index >= 15 is 0 Å². The average molecular weight is 376 g/mol. The summed E-state index contributed by atoms with van der Waals surface area (Å²) < 4.78 is 40.8. The number of ether oxygens (including phenoxy) is 1. The second-order valence-corrected chi connectivity index (χ2v) is 7.22. The van der Waals surface area contributed by atoms with Crippen molar-refractivity contribution in [2.75, 3.05) is 13.2 Å². The number of rotatable bonds is 5. The van der Waals surface area contributed by atoms with Crippen LogP contribution in [0.5, 0.6) is 5.75 Å². The minimum absolute atomic E-state index is 0.00937. The molecule has 0 spiro atoms. The van der Waals surface area contributed by atoms with Gasteiger partial charge < -0.3 is 14.7 Å². The Morgan fingerprint density at radius 3 is 2.41 bits per heavy atom.